The minimum atomic E-state index is -0.238. The van der Waals surface area contributed by atoms with Crippen molar-refractivity contribution in [1.29, 1.82) is 0 Å². The Hall–Kier alpha value is -2.83. The van der Waals surface area contributed by atoms with Gasteiger partial charge in [0.1, 0.15) is 0 Å². The summed E-state index contributed by atoms with van der Waals surface area (Å²) in [4.78, 5) is 40.0. The second-order valence-electron chi connectivity index (χ2n) is 6.37. The summed E-state index contributed by atoms with van der Waals surface area (Å²) in [7, 11) is 0. The van der Waals surface area contributed by atoms with E-state index < -0.39 is 0 Å². The van der Waals surface area contributed by atoms with E-state index >= 15 is 0 Å². The van der Waals surface area contributed by atoms with Gasteiger partial charge in [0.2, 0.25) is 5.91 Å². The number of rotatable bonds is 3. The van der Waals surface area contributed by atoms with Crippen molar-refractivity contribution in [2.24, 2.45) is 0 Å². The quantitative estimate of drug-likeness (QED) is 0.779. The van der Waals surface area contributed by atoms with Crippen LogP contribution in [0, 0.1) is 0 Å². The fourth-order valence-electron chi connectivity index (χ4n) is 3.40. The largest absolute Gasteiger partial charge is 0.379 e. The molecule has 6 nitrogen and oxygen atoms in total. The minimum Gasteiger partial charge on any atom is -0.379 e. The van der Waals surface area contributed by atoms with E-state index in [9.17, 15) is 14.4 Å². The van der Waals surface area contributed by atoms with Crippen molar-refractivity contribution in [3.63, 3.8) is 0 Å². The van der Waals surface area contributed by atoms with Gasteiger partial charge < -0.3 is 10.1 Å². The van der Waals surface area contributed by atoms with Crippen LogP contribution in [0.4, 0.5) is 5.69 Å². The van der Waals surface area contributed by atoms with Crippen molar-refractivity contribution in [2.45, 2.75) is 0 Å². The number of morpholine rings is 1. The van der Waals surface area contributed by atoms with Crippen molar-refractivity contribution in [3.05, 3.63) is 64.7 Å². The third-order valence-corrected chi connectivity index (χ3v) is 4.70. The van der Waals surface area contributed by atoms with E-state index in [0.717, 1.165) is 0 Å². The molecule has 132 valence electrons. The third kappa shape index (κ3) is 2.94. The summed E-state index contributed by atoms with van der Waals surface area (Å²) >= 11 is 0. The van der Waals surface area contributed by atoms with E-state index in [1.807, 2.05) is 4.90 Å². The lowest BCUT2D eigenvalue weighted by Gasteiger charge is -2.26. The van der Waals surface area contributed by atoms with Crippen LogP contribution in [0.3, 0.4) is 0 Å². The van der Waals surface area contributed by atoms with E-state index in [2.05, 4.69) is 5.32 Å². The van der Waals surface area contributed by atoms with Gasteiger partial charge in [-0.25, -0.2) is 0 Å². The Morgan fingerprint density at radius 3 is 2.31 bits per heavy atom. The Balaban J connectivity index is 1.62. The van der Waals surface area contributed by atoms with Gasteiger partial charge in [-0.2, -0.15) is 0 Å². The van der Waals surface area contributed by atoms with Gasteiger partial charge in [-0.15, -0.1) is 0 Å². The zero-order valence-corrected chi connectivity index (χ0v) is 14.2. The molecule has 26 heavy (non-hydrogen) atoms. The van der Waals surface area contributed by atoms with Gasteiger partial charge >= 0.3 is 0 Å². The van der Waals surface area contributed by atoms with Gasteiger partial charge in [0.15, 0.2) is 11.6 Å². The maximum atomic E-state index is 12.9. The smallest absolute Gasteiger partial charge is 0.238 e. The second kappa shape index (κ2) is 6.82. The number of amides is 1. The van der Waals surface area contributed by atoms with E-state index in [-0.39, 0.29) is 29.6 Å². The number of benzene rings is 2. The Kier molecular flexibility index (Phi) is 4.36. The number of fused-ring (bicyclic) bond motifs is 2. The Labute approximate surface area is 150 Å². The summed E-state index contributed by atoms with van der Waals surface area (Å²) in [6.45, 7) is 2.84. The summed E-state index contributed by atoms with van der Waals surface area (Å²) in [5, 5.41) is 2.80. The molecule has 1 aliphatic heterocycles. The van der Waals surface area contributed by atoms with Gasteiger partial charge in [0.25, 0.3) is 0 Å². The van der Waals surface area contributed by atoms with E-state index in [1.54, 1.807) is 42.5 Å². The monoisotopic (exact) mass is 350 g/mol. The molecular weight excluding hydrogens is 332 g/mol. The molecule has 0 saturated carbocycles. The van der Waals surface area contributed by atoms with Gasteiger partial charge in [0.05, 0.1) is 31.0 Å². The number of hydrogen-bond donors (Lipinski definition) is 1. The molecule has 2 aromatic rings. The molecule has 1 saturated heterocycles. The molecule has 2 aromatic carbocycles. The molecule has 1 aliphatic carbocycles. The maximum absolute atomic E-state index is 12.9. The van der Waals surface area contributed by atoms with Crippen molar-refractivity contribution in [3.8, 4) is 0 Å². The van der Waals surface area contributed by atoms with Crippen molar-refractivity contribution < 1.29 is 19.1 Å². The molecule has 1 N–H and O–H groups in total. The normalized spacial score (nSPS) is 16.8. The molecule has 0 radical (unpaired) electrons. The van der Waals surface area contributed by atoms with Gasteiger partial charge in [-0.1, -0.05) is 36.4 Å². The standard InChI is InChI=1S/C20H18N2O4/c23-17(12-22-8-10-26-11-9-22)21-16-7-3-6-15-18(16)20(25)14-5-2-1-4-13(14)19(15)24/h1-7H,8-12H2,(H,21,23). The summed E-state index contributed by atoms with van der Waals surface area (Å²) < 4.78 is 5.28. The van der Waals surface area contributed by atoms with Crippen LogP contribution in [0.5, 0.6) is 0 Å². The highest BCUT2D eigenvalue weighted by atomic mass is 16.5. The number of ketones is 2. The molecule has 0 aromatic heterocycles. The van der Waals surface area contributed by atoms with Crippen LogP contribution < -0.4 is 5.32 Å². The van der Waals surface area contributed by atoms with Crippen LogP contribution in [0.15, 0.2) is 42.5 Å². The molecule has 1 amide bonds. The summed E-state index contributed by atoms with van der Waals surface area (Å²) in [6, 6.07) is 11.7. The first-order chi connectivity index (χ1) is 12.6. The molecule has 2 aliphatic rings. The average molecular weight is 350 g/mol. The summed E-state index contributed by atoms with van der Waals surface area (Å²) in [5.41, 5.74) is 1.76. The van der Waals surface area contributed by atoms with Gasteiger partial charge in [-0.3, -0.25) is 19.3 Å². The first-order valence-electron chi connectivity index (χ1n) is 8.56. The molecule has 0 unspecified atom stereocenters. The van der Waals surface area contributed by atoms with Crippen LogP contribution in [0.2, 0.25) is 0 Å². The summed E-state index contributed by atoms with van der Waals surface area (Å²) in [5.74, 6) is -0.642. The van der Waals surface area contributed by atoms with Crippen LogP contribution in [-0.4, -0.2) is 55.2 Å². The first kappa shape index (κ1) is 16.6. The van der Waals surface area contributed by atoms with Crippen LogP contribution in [0.1, 0.15) is 31.8 Å². The van der Waals surface area contributed by atoms with Crippen molar-refractivity contribution >= 4 is 23.2 Å². The SMILES string of the molecule is O=C(CN1CCOCC1)Nc1cccc2c1C(=O)c1ccccc1C2=O. The Morgan fingerprint density at radius 2 is 1.58 bits per heavy atom. The lowest BCUT2D eigenvalue weighted by Crippen LogP contribution is -2.41. The van der Waals surface area contributed by atoms with E-state index in [4.69, 9.17) is 4.74 Å². The first-order valence-corrected chi connectivity index (χ1v) is 8.56. The van der Waals surface area contributed by atoms with E-state index in [0.29, 0.717) is 48.7 Å². The highest BCUT2D eigenvalue weighted by Gasteiger charge is 2.31. The van der Waals surface area contributed by atoms with Crippen LogP contribution in [0.25, 0.3) is 0 Å². The highest BCUT2D eigenvalue weighted by Crippen LogP contribution is 2.31. The minimum absolute atomic E-state index is 0.195. The molecular formula is C20H18N2O4. The number of carbonyl (C=O) groups is 3. The van der Waals surface area contributed by atoms with Crippen molar-refractivity contribution in [1.82, 2.24) is 4.90 Å². The molecule has 4 rings (SSSR count). The summed E-state index contributed by atoms with van der Waals surface area (Å²) in [6.07, 6.45) is 0. The average Bonchev–Trinajstić information content (AvgIpc) is 2.67. The lowest BCUT2D eigenvalue weighted by molar-refractivity contribution is -0.118. The molecule has 0 atom stereocenters. The maximum Gasteiger partial charge on any atom is 0.238 e. The van der Waals surface area contributed by atoms with Gasteiger partial charge in [0, 0.05) is 29.8 Å². The molecule has 0 spiro atoms. The second-order valence-corrected chi connectivity index (χ2v) is 6.37. The molecule has 6 heteroatoms. The number of carbonyl (C=O) groups excluding carboxylic acids is 3. The predicted molar refractivity (Wildman–Crippen MR) is 95.6 cm³/mol. The third-order valence-electron chi connectivity index (χ3n) is 4.70. The predicted octanol–water partition coefficient (Wildman–Crippen LogP) is 1.73. The van der Waals surface area contributed by atoms with Crippen LogP contribution >= 0.6 is 0 Å². The number of hydrogen-bond acceptors (Lipinski definition) is 5. The fraction of sp³-hybridized carbons (Fsp3) is 0.250. The Bertz CT molecular complexity index is 900. The number of nitrogens with zero attached hydrogens (tertiary/aromatic N) is 1. The van der Waals surface area contributed by atoms with Crippen molar-refractivity contribution in [2.75, 3.05) is 38.2 Å². The van der Waals surface area contributed by atoms with E-state index in [1.165, 1.54) is 0 Å². The zero-order chi connectivity index (χ0) is 18.1. The zero-order valence-electron chi connectivity index (χ0n) is 14.2. The number of ether oxygens (including phenoxy) is 1. The molecule has 1 fully saturated rings. The van der Waals surface area contributed by atoms with Crippen LogP contribution in [-0.2, 0) is 9.53 Å². The van der Waals surface area contributed by atoms with Gasteiger partial charge in [-0.05, 0) is 6.07 Å². The number of anilines is 1. The lowest BCUT2D eigenvalue weighted by atomic mass is 9.83. The molecule has 0 bridgehead atoms. The number of nitrogens with one attached hydrogen (secondary N) is 1. The Morgan fingerprint density at radius 1 is 0.923 bits per heavy atom. The topological polar surface area (TPSA) is 75.7 Å². The highest BCUT2D eigenvalue weighted by molar-refractivity contribution is 6.30. The fourth-order valence-corrected chi connectivity index (χ4v) is 3.40. The molecule has 1 heterocycles.